The van der Waals surface area contributed by atoms with E-state index in [1.165, 1.54) is 11.3 Å². The van der Waals surface area contributed by atoms with Crippen molar-refractivity contribution in [3.05, 3.63) is 45.7 Å². The van der Waals surface area contributed by atoms with E-state index in [0.29, 0.717) is 23.6 Å². The largest absolute Gasteiger partial charge is 0.411 e. The zero-order chi connectivity index (χ0) is 15.8. The monoisotopic (exact) mass is 307 g/mol. The maximum atomic E-state index is 10.9. The summed E-state index contributed by atoms with van der Waals surface area (Å²) in [6, 6.07) is 0. The third kappa shape index (κ3) is 4.65. The van der Waals surface area contributed by atoms with Gasteiger partial charge in [0.05, 0.1) is 17.2 Å². The third-order valence-corrected chi connectivity index (χ3v) is 4.35. The number of hydrogen-bond acceptors (Lipinski definition) is 5. The molecule has 0 saturated heterocycles. The van der Waals surface area contributed by atoms with E-state index < -0.39 is 0 Å². The van der Waals surface area contributed by atoms with Crippen LogP contribution in [0, 0.1) is 12.8 Å². The topological polar surface area (TPSA) is 58.9 Å². The van der Waals surface area contributed by atoms with E-state index in [9.17, 15) is 10.0 Å². The zero-order valence-electron chi connectivity index (χ0n) is 12.6. The summed E-state index contributed by atoms with van der Waals surface area (Å²) in [5.41, 5.74) is 3.20. The molecule has 1 heterocycles. The summed E-state index contributed by atoms with van der Waals surface area (Å²) in [5.74, 6) is 0.128. The van der Waals surface area contributed by atoms with Crippen molar-refractivity contribution >= 4 is 23.3 Å². The highest BCUT2D eigenvalue weighted by molar-refractivity contribution is 7.12. The minimum Gasteiger partial charge on any atom is -0.411 e. The molecular weight excluding hydrogens is 286 g/mol. The van der Waals surface area contributed by atoms with Crippen LogP contribution in [0.3, 0.4) is 0 Å². The fraction of sp³-hybridized carbons (Fsp3) is 0.375. The van der Waals surface area contributed by atoms with Gasteiger partial charge in [-0.15, -0.1) is 11.3 Å². The number of hydrogen-bond donors (Lipinski definition) is 1. The molecule has 0 aliphatic heterocycles. The number of thiophene rings is 1. The van der Waals surface area contributed by atoms with E-state index in [1.807, 2.05) is 31.4 Å². The summed E-state index contributed by atoms with van der Waals surface area (Å²) in [6.07, 6.45) is 5.20. The van der Waals surface area contributed by atoms with Crippen LogP contribution >= 0.6 is 11.3 Å². The molecule has 0 bridgehead atoms. The fourth-order valence-corrected chi connectivity index (χ4v) is 2.82. The number of allylic oxidation sites excluding steroid dienone is 2. The normalized spacial score (nSPS) is 13.6. The molecule has 0 amide bonds. The highest BCUT2D eigenvalue weighted by atomic mass is 32.1. The molecule has 1 N–H and O–H groups in total. The SMILES string of the molecule is C=C(/C=C\COC)[C@@H](C)C/C(=N\O)c1csc(C=O)c1C. The van der Waals surface area contributed by atoms with Crippen LogP contribution in [0.15, 0.2) is 34.8 Å². The van der Waals surface area contributed by atoms with Gasteiger partial charge in [0.15, 0.2) is 6.29 Å². The highest BCUT2D eigenvalue weighted by Gasteiger charge is 2.16. The van der Waals surface area contributed by atoms with Crippen molar-refractivity contribution in [3.8, 4) is 0 Å². The molecular formula is C16H21NO3S. The van der Waals surface area contributed by atoms with Crippen molar-refractivity contribution in [1.29, 1.82) is 0 Å². The van der Waals surface area contributed by atoms with E-state index in [1.54, 1.807) is 7.11 Å². The maximum Gasteiger partial charge on any atom is 0.160 e. The van der Waals surface area contributed by atoms with Gasteiger partial charge < -0.3 is 9.94 Å². The van der Waals surface area contributed by atoms with Crippen LogP contribution in [0.2, 0.25) is 0 Å². The second-order valence-electron chi connectivity index (χ2n) is 4.84. The number of nitrogens with zero attached hydrogens (tertiary/aromatic N) is 1. The number of carbonyl (C=O) groups is 1. The summed E-state index contributed by atoms with van der Waals surface area (Å²) in [5, 5.41) is 14.5. The molecule has 0 radical (unpaired) electrons. The van der Waals surface area contributed by atoms with Crippen LogP contribution in [0.25, 0.3) is 0 Å². The minimum absolute atomic E-state index is 0.128. The lowest BCUT2D eigenvalue weighted by Crippen LogP contribution is -2.09. The van der Waals surface area contributed by atoms with Gasteiger partial charge in [0.1, 0.15) is 0 Å². The Kier molecular flexibility index (Phi) is 7.05. The second-order valence-corrected chi connectivity index (χ2v) is 5.75. The smallest absolute Gasteiger partial charge is 0.160 e. The number of aldehydes is 1. The van der Waals surface area contributed by atoms with Crippen LogP contribution < -0.4 is 0 Å². The quantitative estimate of drug-likeness (QED) is 0.261. The summed E-state index contributed by atoms with van der Waals surface area (Å²) < 4.78 is 4.95. The van der Waals surface area contributed by atoms with Gasteiger partial charge in [-0.05, 0) is 18.4 Å². The van der Waals surface area contributed by atoms with Crippen molar-refractivity contribution in [1.82, 2.24) is 0 Å². The summed E-state index contributed by atoms with van der Waals surface area (Å²) >= 11 is 1.36. The zero-order valence-corrected chi connectivity index (χ0v) is 13.4. The second kappa shape index (κ2) is 8.54. The average Bonchev–Trinajstić information content (AvgIpc) is 2.85. The summed E-state index contributed by atoms with van der Waals surface area (Å²) in [4.78, 5) is 11.6. The Morgan fingerprint density at radius 3 is 2.86 bits per heavy atom. The van der Waals surface area contributed by atoms with Gasteiger partial charge in [0, 0.05) is 24.5 Å². The Labute approximate surface area is 129 Å². The lowest BCUT2D eigenvalue weighted by molar-refractivity contribution is 0.112. The van der Waals surface area contributed by atoms with Crippen molar-refractivity contribution in [2.75, 3.05) is 13.7 Å². The minimum atomic E-state index is 0.128. The lowest BCUT2D eigenvalue weighted by atomic mass is 9.92. The number of oxime groups is 1. The van der Waals surface area contributed by atoms with Gasteiger partial charge >= 0.3 is 0 Å². The van der Waals surface area contributed by atoms with Crippen LogP contribution in [-0.4, -0.2) is 30.9 Å². The number of carbonyl (C=O) groups excluding carboxylic acids is 1. The Morgan fingerprint density at radius 1 is 1.62 bits per heavy atom. The van der Waals surface area contributed by atoms with Crippen LogP contribution in [0.5, 0.6) is 0 Å². The van der Waals surface area contributed by atoms with Crippen LogP contribution in [-0.2, 0) is 4.74 Å². The van der Waals surface area contributed by atoms with Crippen LogP contribution in [0.1, 0.15) is 34.1 Å². The van der Waals surface area contributed by atoms with Gasteiger partial charge in [-0.25, -0.2) is 0 Å². The summed E-state index contributed by atoms with van der Waals surface area (Å²) in [6.45, 7) is 8.44. The molecule has 0 aromatic carbocycles. The van der Waals surface area contributed by atoms with E-state index >= 15 is 0 Å². The molecule has 4 nitrogen and oxygen atoms in total. The summed E-state index contributed by atoms with van der Waals surface area (Å²) in [7, 11) is 1.64. The van der Waals surface area contributed by atoms with Crippen molar-refractivity contribution < 1.29 is 14.7 Å². The van der Waals surface area contributed by atoms with E-state index in [-0.39, 0.29) is 5.92 Å². The molecule has 0 spiro atoms. The molecule has 0 saturated carbocycles. The van der Waals surface area contributed by atoms with Gasteiger partial charge in [-0.1, -0.05) is 36.4 Å². The van der Waals surface area contributed by atoms with Crippen molar-refractivity contribution in [2.24, 2.45) is 11.1 Å². The molecule has 0 aliphatic rings. The predicted octanol–water partition coefficient (Wildman–Crippen LogP) is 3.83. The molecule has 1 rings (SSSR count). The van der Waals surface area contributed by atoms with Crippen molar-refractivity contribution in [3.63, 3.8) is 0 Å². The molecule has 0 unspecified atom stereocenters. The van der Waals surface area contributed by atoms with Gasteiger partial charge in [-0.3, -0.25) is 4.79 Å². The lowest BCUT2D eigenvalue weighted by Gasteiger charge is -2.13. The standard InChI is InChI=1S/C16H21NO3S/c1-11(6-5-7-20-4)12(2)8-15(17-19)14-10-21-16(9-18)13(14)3/h5-6,9-10,12,19H,1,7-8H2,2-4H3/b6-5-,17-15+/t12-/m0/s1. The molecule has 1 aromatic rings. The fourth-order valence-electron chi connectivity index (χ4n) is 1.92. The van der Waals surface area contributed by atoms with Gasteiger partial charge in [0.25, 0.3) is 0 Å². The van der Waals surface area contributed by atoms with E-state index in [4.69, 9.17) is 4.74 Å². The van der Waals surface area contributed by atoms with E-state index in [0.717, 1.165) is 23.0 Å². The molecule has 1 atom stereocenters. The van der Waals surface area contributed by atoms with E-state index in [2.05, 4.69) is 11.7 Å². The van der Waals surface area contributed by atoms with Crippen molar-refractivity contribution in [2.45, 2.75) is 20.3 Å². The first-order chi connectivity index (χ1) is 10.0. The first-order valence-electron chi connectivity index (χ1n) is 6.64. The molecule has 0 fully saturated rings. The molecule has 1 aromatic heterocycles. The molecule has 21 heavy (non-hydrogen) atoms. The Morgan fingerprint density at radius 2 is 2.33 bits per heavy atom. The molecule has 0 aliphatic carbocycles. The molecule has 114 valence electrons. The Bertz CT molecular complexity index is 558. The van der Waals surface area contributed by atoms with Gasteiger partial charge in [0.2, 0.25) is 0 Å². The number of ether oxygens (including phenoxy) is 1. The van der Waals surface area contributed by atoms with Gasteiger partial charge in [-0.2, -0.15) is 0 Å². The maximum absolute atomic E-state index is 10.9. The van der Waals surface area contributed by atoms with Crippen LogP contribution in [0.4, 0.5) is 0 Å². The average molecular weight is 307 g/mol. The Hall–Kier alpha value is -1.72. The first kappa shape index (κ1) is 17.3. The highest BCUT2D eigenvalue weighted by Crippen LogP contribution is 2.25. The first-order valence-corrected chi connectivity index (χ1v) is 7.51. The molecule has 5 heteroatoms. The predicted molar refractivity (Wildman–Crippen MR) is 86.7 cm³/mol. The third-order valence-electron chi connectivity index (χ3n) is 3.34. The number of rotatable bonds is 8. The number of methoxy groups -OCH3 is 1. The Balaban J connectivity index is 2.81.